The number of hydrogen-bond acceptors (Lipinski definition) is 13. The number of ether oxygens (including phenoxy) is 5. The SMILES string of the molecule is C/C=C(\C)C(=O)O[C@H]1C2=C3[C@@H](OC(C)=O)C(=O)O[C@@H](c4ccoc4)[C@]3(C)CCC2[C@@]2(C)[C@@H](CC(=O)OC)[C@@]3(C)CC2(O)[C@@]1(O)[C@H]3OC(=O)/C(C)=C/C. The number of methoxy groups -OCH3 is 1. The summed E-state index contributed by atoms with van der Waals surface area (Å²) in [6.45, 7) is 12.9. The van der Waals surface area contributed by atoms with Crippen molar-refractivity contribution in [2.45, 2.75) is 117 Å². The molecule has 2 N–H and O–H groups in total. The molecule has 3 saturated carbocycles. The Hall–Kier alpha value is -4.23. The maximum Gasteiger partial charge on any atom is 0.352 e. The van der Waals surface area contributed by atoms with Gasteiger partial charge < -0.3 is 38.3 Å². The second-order valence-electron chi connectivity index (χ2n) is 15.7. The van der Waals surface area contributed by atoms with Crippen molar-refractivity contribution in [1.29, 1.82) is 0 Å². The maximum absolute atomic E-state index is 14.0. The average molecular weight is 725 g/mol. The highest BCUT2D eigenvalue weighted by Crippen LogP contribution is 2.81. The van der Waals surface area contributed by atoms with Crippen molar-refractivity contribution in [3.8, 4) is 0 Å². The molecule has 52 heavy (non-hydrogen) atoms. The second-order valence-corrected chi connectivity index (χ2v) is 15.7. The molecule has 6 rings (SSSR count). The van der Waals surface area contributed by atoms with Gasteiger partial charge in [0.2, 0.25) is 6.10 Å². The van der Waals surface area contributed by atoms with Gasteiger partial charge in [0, 0.05) is 46.3 Å². The molecule has 4 fully saturated rings. The van der Waals surface area contributed by atoms with Crippen molar-refractivity contribution in [2.75, 3.05) is 7.11 Å². The number of furan rings is 1. The Morgan fingerprint density at radius 2 is 1.62 bits per heavy atom. The molecule has 0 aromatic carbocycles. The predicted octanol–water partition coefficient (Wildman–Crippen LogP) is 4.36. The minimum atomic E-state index is -2.53. The fourth-order valence-corrected chi connectivity index (χ4v) is 10.7. The lowest BCUT2D eigenvalue weighted by Crippen LogP contribution is -2.80. The maximum atomic E-state index is 14.0. The van der Waals surface area contributed by atoms with Crippen LogP contribution >= 0.6 is 0 Å². The number of carbonyl (C=O) groups excluding carboxylic acids is 5. The average Bonchev–Trinajstić information content (AvgIpc) is 3.74. The van der Waals surface area contributed by atoms with Gasteiger partial charge in [0.15, 0.2) is 11.7 Å². The molecule has 2 heterocycles. The van der Waals surface area contributed by atoms with Crippen LogP contribution in [0.25, 0.3) is 0 Å². The summed E-state index contributed by atoms with van der Waals surface area (Å²) in [6, 6.07) is 1.66. The fraction of sp³-hybridized carbons (Fsp3) is 0.615. The minimum Gasteiger partial charge on any atom is -0.472 e. The Morgan fingerprint density at radius 1 is 0.981 bits per heavy atom. The largest absolute Gasteiger partial charge is 0.472 e. The highest BCUT2D eigenvalue weighted by Gasteiger charge is 2.90. The molecule has 13 heteroatoms. The number of hydrogen-bond donors (Lipinski definition) is 2. The molecule has 282 valence electrons. The van der Waals surface area contributed by atoms with Crippen LogP contribution in [0, 0.1) is 28.1 Å². The van der Waals surface area contributed by atoms with Crippen LogP contribution in [0.15, 0.2) is 57.5 Å². The normalized spacial score (nSPS) is 40.7. The quantitative estimate of drug-likeness (QED) is 0.167. The number of esters is 5. The van der Waals surface area contributed by atoms with Crippen LogP contribution in [-0.2, 0) is 47.7 Å². The summed E-state index contributed by atoms with van der Waals surface area (Å²) in [5.74, 6) is -5.36. The van der Waals surface area contributed by atoms with Gasteiger partial charge in [0.05, 0.1) is 19.6 Å². The summed E-state index contributed by atoms with van der Waals surface area (Å²) in [6.07, 6.45) is 0.463. The van der Waals surface area contributed by atoms with Gasteiger partial charge in [-0.05, 0) is 76.0 Å². The van der Waals surface area contributed by atoms with E-state index in [1.165, 1.54) is 32.6 Å². The molecule has 0 amide bonds. The van der Waals surface area contributed by atoms with Gasteiger partial charge in [-0.15, -0.1) is 0 Å². The van der Waals surface area contributed by atoms with Crippen LogP contribution in [0.5, 0.6) is 0 Å². The summed E-state index contributed by atoms with van der Waals surface area (Å²) >= 11 is 0. The molecule has 0 radical (unpaired) electrons. The lowest BCUT2D eigenvalue weighted by Gasteiger charge is -2.68. The van der Waals surface area contributed by atoms with Crippen LogP contribution in [0.1, 0.15) is 92.7 Å². The summed E-state index contributed by atoms with van der Waals surface area (Å²) in [4.78, 5) is 67.4. The number of allylic oxidation sites excluding steroid dienone is 2. The van der Waals surface area contributed by atoms with Gasteiger partial charge in [-0.2, -0.15) is 0 Å². The molecule has 1 aliphatic heterocycles. The molecule has 0 spiro atoms. The van der Waals surface area contributed by atoms with E-state index in [-0.39, 0.29) is 35.1 Å². The van der Waals surface area contributed by atoms with Crippen molar-refractivity contribution in [2.24, 2.45) is 28.1 Å². The third kappa shape index (κ3) is 4.76. The van der Waals surface area contributed by atoms with Crippen LogP contribution in [0.2, 0.25) is 0 Å². The summed E-state index contributed by atoms with van der Waals surface area (Å²) < 4.78 is 34.8. The summed E-state index contributed by atoms with van der Waals surface area (Å²) in [7, 11) is 1.25. The van der Waals surface area contributed by atoms with Crippen molar-refractivity contribution in [1.82, 2.24) is 0 Å². The molecule has 1 saturated heterocycles. The first-order valence-corrected chi connectivity index (χ1v) is 17.6. The van der Waals surface area contributed by atoms with Crippen molar-refractivity contribution in [3.05, 3.63) is 58.6 Å². The molecule has 1 aromatic heterocycles. The number of cyclic esters (lactones) is 1. The van der Waals surface area contributed by atoms with Gasteiger partial charge in [-0.25, -0.2) is 14.4 Å². The lowest BCUT2D eigenvalue weighted by molar-refractivity contribution is -0.315. The molecule has 4 aliphatic carbocycles. The van der Waals surface area contributed by atoms with Crippen LogP contribution in [0.3, 0.4) is 0 Å². The summed E-state index contributed by atoms with van der Waals surface area (Å²) in [5, 5.41) is 26.8. The first-order valence-electron chi connectivity index (χ1n) is 17.6. The standard InChI is InChI=1S/C39H48O13/c1-10-19(3)31(42)51-30-26-23(12-14-35(6)27(26)28(49-21(5)40)33(44)50-29(35)22-13-15-48-17-22)37(8)24(16-25(41)47-9)36(7)18-38(37,45)39(30,46)34(36)52-32(43)20(4)11-2/h10-11,13,15,17,23-24,28-30,34,45-46H,12,14,16,18H2,1-9H3/b19-10+,20-11+/t23?,24-,28+,29-,30-,34-,35+,36+,37-,38?,39-/m0/s1. The Morgan fingerprint density at radius 3 is 2.17 bits per heavy atom. The molecule has 2 bridgehead atoms. The van der Waals surface area contributed by atoms with E-state index in [1.54, 1.807) is 46.8 Å². The molecule has 5 aliphatic rings. The van der Waals surface area contributed by atoms with Crippen LogP contribution in [-0.4, -0.2) is 76.7 Å². The first kappa shape index (κ1) is 37.5. The van der Waals surface area contributed by atoms with E-state index in [9.17, 15) is 34.2 Å². The Labute approximate surface area is 302 Å². The van der Waals surface area contributed by atoms with E-state index in [4.69, 9.17) is 28.1 Å². The van der Waals surface area contributed by atoms with Crippen LogP contribution in [0.4, 0.5) is 0 Å². The van der Waals surface area contributed by atoms with E-state index in [2.05, 4.69) is 0 Å². The third-order valence-corrected chi connectivity index (χ3v) is 13.3. The highest BCUT2D eigenvalue weighted by molar-refractivity contribution is 5.89. The van der Waals surface area contributed by atoms with Gasteiger partial charge in [-0.1, -0.05) is 32.9 Å². The Kier molecular flexibility index (Phi) is 8.97. The minimum absolute atomic E-state index is 0.123. The number of fused-ring (bicyclic) bond motifs is 4. The van der Waals surface area contributed by atoms with Crippen molar-refractivity contribution < 1.29 is 62.3 Å². The number of aliphatic hydroxyl groups is 2. The first-order chi connectivity index (χ1) is 24.3. The monoisotopic (exact) mass is 724 g/mol. The molecular weight excluding hydrogens is 676 g/mol. The van der Waals surface area contributed by atoms with Crippen LogP contribution < -0.4 is 0 Å². The Bertz CT molecular complexity index is 1800. The summed E-state index contributed by atoms with van der Waals surface area (Å²) in [5.41, 5.74) is -6.93. The van der Waals surface area contributed by atoms with Crippen molar-refractivity contribution >= 4 is 29.8 Å². The topological polar surface area (TPSA) is 185 Å². The molecule has 1 aromatic rings. The van der Waals surface area contributed by atoms with E-state index in [0.29, 0.717) is 18.4 Å². The van der Waals surface area contributed by atoms with Gasteiger partial charge in [0.1, 0.15) is 17.8 Å². The van der Waals surface area contributed by atoms with E-state index in [1.807, 2.05) is 6.92 Å². The van der Waals surface area contributed by atoms with Gasteiger partial charge in [-0.3, -0.25) is 9.59 Å². The molecular formula is C39H48O13. The molecule has 13 nitrogen and oxygen atoms in total. The van der Waals surface area contributed by atoms with E-state index < -0.39 is 93.5 Å². The molecule has 2 unspecified atom stereocenters. The van der Waals surface area contributed by atoms with E-state index in [0.717, 1.165) is 6.92 Å². The zero-order chi connectivity index (χ0) is 38.3. The fourth-order valence-electron chi connectivity index (χ4n) is 10.7. The Balaban J connectivity index is 1.73. The zero-order valence-corrected chi connectivity index (χ0v) is 31.1. The van der Waals surface area contributed by atoms with Gasteiger partial charge in [0.25, 0.3) is 0 Å². The number of rotatable bonds is 8. The van der Waals surface area contributed by atoms with Gasteiger partial charge >= 0.3 is 29.8 Å². The smallest absolute Gasteiger partial charge is 0.352 e. The number of carbonyl (C=O) groups is 5. The van der Waals surface area contributed by atoms with Crippen molar-refractivity contribution in [3.63, 3.8) is 0 Å². The predicted molar refractivity (Wildman–Crippen MR) is 180 cm³/mol. The second kappa shape index (κ2) is 12.4. The third-order valence-electron chi connectivity index (χ3n) is 13.3. The molecule has 11 atom stereocenters. The highest BCUT2D eigenvalue weighted by atomic mass is 16.6. The zero-order valence-electron chi connectivity index (χ0n) is 31.1. The lowest BCUT2D eigenvalue weighted by atomic mass is 9.40. The van der Waals surface area contributed by atoms with E-state index >= 15 is 0 Å².